The lowest BCUT2D eigenvalue weighted by molar-refractivity contribution is 0.256. The first kappa shape index (κ1) is 18.2. The van der Waals surface area contributed by atoms with Crippen LogP contribution in [0.4, 0.5) is 11.4 Å². The summed E-state index contributed by atoms with van der Waals surface area (Å²) in [5.41, 5.74) is 5.09. The third-order valence-electron chi connectivity index (χ3n) is 4.45. The number of anilines is 2. The van der Waals surface area contributed by atoms with Crippen molar-refractivity contribution in [2.75, 3.05) is 11.6 Å². The van der Waals surface area contributed by atoms with E-state index in [2.05, 4.69) is 34.5 Å². The molecule has 0 radical (unpaired) electrons. The van der Waals surface area contributed by atoms with Gasteiger partial charge in [0.1, 0.15) is 5.52 Å². The number of nitrogens with one attached hydrogen (secondary N) is 1. The highest BCUT2D eigenvalue weighted by Gasteiger charge is 2.16. The van der Waals surface area contributed by atoms with Crippen molar-refractivity contribution in [1.82, 2.24) is 14.9 Å². The smallest absolute Gasteiger partial charge is 0.325 e. The van der Waals surface area contributed by atoms with Crippen molar-refractivity contribution in [3.63, 3.8) is 0 Å². The van der Waals surface area contributed by atoms with Gasteiger partial charge in [0.15, 0.2) is 0 Å². The largest absolute Gasteiger partial charge is 0.355 e. The highest BCUT2D eigenvalue weighted by atomic mass is 32.2. The maximum atomic E-state index is 11.7. The molecule has 7 nitrogen and oxygen atoms in total. The van der Waals surface area contributed by atoms with Crippen molar-refractivity contribution >= 4 is 43.3 Å². The van der Waals surface area contributed by atoms with Gasteiger partial charge in [-0.2, -0.15) is 8.42 Å². The van der Waals surface area contributed by atoms with Crippen molar-refractivity contribution < 1.29 is 12.7 Å². The van der Waals surface area contributed by atoms with Crippen LogP contribution in [0.15, 0.2) is 48.7 Å². The molecule has 0 bridgehead atoms. The quantitative estimate of drug-likeness (QED) is 0.555. The Labute approximate surface area is 163 Å². The van der Waals surface area contributed by atoms with Crippen LogP contribution in [-0.2, 0) is 16.5 Å². The van der Waals surface area contributed by atoms with Gasteiger partial charge in [0.25, 0.3) is 0 Å². The first-order valence-corrected chi connectivity index (χ1v) is 10.7. The van der Waals surface area contributed by atoms with Crippen molar-refractivity contribution in [3.05, 3.63) is 59.9 Å². The van der Waals surface area contributed by atoms with E-state index >= 15 is 0 Å². The highest BCUT2D eigenvalue weighted by molar-refractivity contribution is 7.86. The molecule has 0 saturated carbocycles. The van der Waals surface area contributed by atoms with Crippen molar-refractivity contribution in [1.29, 1.82) is 0 Å². The Morgan fingerprint density at radius 1 is 1.14 bits per heavy atom. The SMILES string of the molecule is CCc1ccc(Nc2cc(C)nc3ccc4cnn(OS(C)(=O)=O)c4c23)cc1. The second-order valence-corrected chi connectivity index (χ2v) is 8.24. The average molecular weight is 396 g/mol. The molecule has 0 unspecified atom stereocenters. The Balaban J connectivity index is 1.93. The molecule has 0 spiro atoms. The summed E-state index contributed by atoms with van der Waals surface area (Å²) in [6.07, 6.45) is 3.53. The molecule has 144 valence electrons. The van der Waals surface area contributed by atoms with E-state index in [-0.39, 0.29) is 0 Å². The van der Waals surface area contributed by atoms with E-state index < -0.39 is 10.1 Å². The van der Waals surface area contributed by atoms with Crippen LogP contribution in [-0.4, -0.2) is 29.6 Å². The monoisotopic (exact) mass is 396 g/mol. The molecule has 0 atom stereocenters. The van der Waals surface area contributed by atoms with Crippen LogP contribution in [0.25, 0.3) is 21.8 Å². The Morgan fingerprint density at radius 2 is 1.89 bits per heavy atom. The predicted octanol–water partition coefficient (Wildman–Crippen LogP) is 3.59. The number of rotatable bonds is 5. The summed E-state index contributed by atoms with van der Waals surface area (Å²) in [5, 5.41) is 9.00. The van der Waals surface area contributed by atoms with Crippen LogP contribution in [0.3, 0.4) is 0 Å². The Bertz CT molecular complexity index is 1280. The van der Waals surface area contributed by atoms with Gasteiger partial charge in [-0.05, 0) is 49.2 Å². The molecule has 0 amide bonds. The van der Waals surface area contributed by atoms with Crippen molar-refractivity contribution in [3.8, 4) is 0 Å². The molecule has 0 saturated heterocycles. The zero-order valence-corrected chi connectivity index (χ0v) is 16.6. The number of aromatic nitrogens is 3. The van der Waals surface area contributed by atoms with Gasteiger partial charge in [0.2, 0.25) is 0 Å². The van der Waals surface area contributed by atoms with E-state index in [1.165, 1.54) is 5.56 Å². The van der Waals surface area contributed by atoms with E-state index in [9.17, 15) is 8.42 Å². The van der Waals surface area contributed by atoms with E-state index in [0.29, 0.717) is 5.52 Å². The zero-order chi connectivity index (χ0) is 19.9. The second-order valence-electron chi connectivity index (χ2n) is 6.68. The molecule has 28 heavy (non-hydrogen) atoms. The van der Waals surface area contributed by atoms with E-state index in [1.54, 1.807) is 6.20 Å². The zero-order valence-electron chi connectivity index (χ0n) is 15.8. The Hall–Kier alpha value is -3.13. The Kier molecular flexibility index (Phi) is 4.43. The topological polar surface area (TPSA) is 86.1 Å². The number of nitrogens with zero attached hydrogens (tertiary/aromatic N) is 3. The molecule has 1 N–H and O–H groups in total. The first-order valence-electron chi connectivity index (χ1n) is 8.88. The second kappa shape index (κ2) is 6.79. The molecule has 0 aliphatic heterocycles. The third kappa shape index (κ3) is 3.50. The lowest BCUT2D eigenvalue weighted by Crippen LogP contribution is -2.19. The molecule has 2 heterocycles. The summed E-state index contributed by atoms with van der Waals surface area (Å²) in [4.78, 5) is 5.62. The molecule has 8 heteroatoms. The summed E-state index contributed by atoms with van der Waals surface area (Å²) in [6, 6.07) is 13.8. The minimum absolute atomic E-state index is 0.545. The lowest BCUT2D eigenvalue weighted by atomic mass is 10.1. The standard InChI is InChI=1S/C20H20N4O3S/c1-4-14-5-8-16(9-6-14)23-18-11-13(2)22-17-10-7-15-12-21-24(20(15)19(17)18)27-28(3,25)26/h5-12H,4H2,1-3H3,(H,22,23). The summed E-state index contributed by atoms with van der Waals surface area (Å²) in [5.74, 6) is 0. The number of benzene rings is 2. The number of pyridine rings is 1. The number of hydrogen-bond donors (Lipinski definition) is 1. The number of fused-ring (bicyclic) bond motifs is 3. The fourth-order valence-corrected chi connectivity index (χ4v) is 3.57. The van der Waals surface area contributed by atoms with Gasteiger partial charge in [-0.15, -0.1) is 5.10 Å². The van der Waals surface area contributed by atoms with Gasteiger partial charge in [-0.3, -0.25) is 9.27 Å². The van der Waals surface area contributed by atoms with Crippen molar-refractivity contribution in [2.45, 2.75) is 20.3 Å². The minimum Gasteiger partial charge on any atom is -0.355 e. The van der Waals surface area contributed by atoms with Gasteiger partial charge in [-0.25, -0.2) is 0 Å². The molecule has 0 aliphatic carbocycles. The van der Waals surface area contributed by atoms with Gasteiger partial charge in [0, 0.05) is 16.8 Å². The summed E-state index contributed by atoms with van der Waals surface area (Å²) >= 11 is 0. The normalized spacial score (nSPS) is 11.8. The lowest BCUT2D eigenvalue weighted by Gasteiger charge is -2.13. The van der Waals surface area contributed by atoms with Gasteiger partial charge in [0.05, 0.1) is 29.0 Å². The van der Waals surface area contributed by atoms with E-state index in [0.717, 1.165) is 50.9 Å². The molecule has 2 aromatic heterocycles. The Morgan fingerprint density at radius 3 is 2.57 bits per heavy atom. The molecule has 0 fully saturated rings. The highest BCUT2D eigenvalue weighted by Crippen LogP contribution is 2.33. The summed E-state index contributed by atoms with van der Waals surface area (Å²) in [6.45, 7) is 4.03. The van der Waals surface area contributed by atoms with Crippen LogP contribution < -0.4 is 9.60 Å². The summed E-state index contributed by atoms with van der Waals surface area (Å²) < 4.78 is 28.4. The molecule has 4 aromatic rings. The van der Waals surface area contributed by atoms with Crippen LogP contribution in [0.2, 0.25) is 0 Å². The van der Waals surface area contributed by atoms with Crippen LogP contribution in [0, 0.1) is 6.92 Å². The fourth-order valence-electron chi connectivity index (χ4n) is 3.20. The molecule has 4 rings (SSSR count). The van der Waals surface area contributed by atoms with Crippen LogP contribution >= 0.6 is 0 Å². The van der Waals surface area contributed by atoms with Crippen LogP contribution in [0.1, 0.15) is 18.2 Å². The predicted molar refractivity (Wildman–Crippen MR) is 110 cm³/mol. The number of aryl methyl sites for hydroxylation is 2. The number of hydrogen-bond acceptors (Lipinski definition) is 6. The van der Waals surface area contributed by atoms with Gasteiger partial charge < -0.3 is 5.32 Å². The van der Waals surface area contributed by atoms with Gasteiger partial charge >= 0.3 is 10.1 Å². The van der Waals surface area contributed by atoms with Gasteiger partial charge in [-0.1, -0.05) is 23.9 Å². The maximum Gasteiger partial charge on any atom is 0.325 e. The molecular weight excluding hydrogens is 376 g/mol. The fraction of sp³-hybridized carbons (Fsp3) is 0.200. The van der Waals surface area contributed by atoms with Crippen molar-refractivity contribution in [2.24, 2.45) is 0 Å². The van der Waals surface area contributed by atoms with E-state index in [1.807, 2.05) is 37.3 Å². The molecule has 2 aromatic carbocycles. The summed E-state index contributed by atoms with van der Waals surface area (Å²) in [7, 11) is -3.74. The third-order valence-corrected chi connectivity index (χ3v) is 4.86. The maximum absolute atomic E-state index is 11.7. The average Bonchev–Trinajstić information content (AvgIpc) is 3.03. The first-order chi connectivity index (χ1) is 13.3. The molecule has 0 aliphatic rings. The van der Waals surface area contributed by atoms with E-state index in [4.69, 9.17) is 4.28 Å². The molecular formula is C20H20N4O3S. The minimum atomic E-state index is -3.74. The van der Waals surface area contributed by atoms with Crippen LogP contribution in [0.5, 0.6) is 0 Å².